The fraction of sp³-hybridized carbons (Fsp3) is 0.636. The summed E-state index contributed by atoms with van der Waals surface area (Å²) in [4.78, 5) is 11.0. The van der Waals surface area contributed by atoms with Crippen molar-refractivity contribution in [3.8, 4) is 0 Å². The highest BCUT2D eigenvalue weighted by molar-refractivity contribution is 6.18. The van der Waals surface area contributed by atoms with Crippen LogP contribution in [0.3, 0.4) is 0 Å². The van der Waals surface area contributed by atoms with Gasteiger partial charge < -0.3 is 9.64 Å². The Bertz CT molecular complexity index is 372. The number of anilines is 1. The van der Waals surface area contributed by atoms with E-state index in [2.05, 4.69) is 14.9 Å². The predicted molar refractivity (Wildman–Crippen MR) is 64.2 cm³/mol. The molecule has 2 heterocycles. The van der Waals surface area contributed by atoms with Gasteiger partial charge in [-0.05, 0) is 13.8 Å². The first-order chi connectivity index (χ1) is 7.70. The molecule has 0 N–H and O–H groups in total. The minimum Gasteiger partial charge on any atom is -0.373 e. The fourth-order valence-corrected chi connectivity index (χ4v) is 1.89. The smallest absolute Gasteiger partial charge is 0.147 e. The summed E-state index contributed by atoms with van der Waals surface area (Å²) in [5, 5.41) is 0. The molecule has 16 heavy (non-hydrogen) atoms. The van der Waals surface area contributed by atoms with Crippen molar-refractivity contribution in [3.05, 3.63) is 17.6 Å². The average molecular weight is 242 g/mol. The topological polar surface area (TPSA) is 38.2 Å². The van der Waals surface area contributed by atoms with Crippen molar-refractivity contribution in [1.29, 1.82) is 0 Å². The number of rotatable bonds is 2. The maximum atomic E-state index is 5.80. The summed E-state index contributed by atoms with van der Waals surface area (Å²) < 4.78 is 5.51. The Balaban J connectivity index is 2.13. The Hall–Kier alpha value is -0.870. The van der Waals surface area contributed by atoms with Crippen LogP contribution in [0.15, 0.2) is 6.20 Å². The largest absolute Gasteiger partial charge is 0.373 e. The molecule has 0 spiro atoms. The van der Waals surface area contributed by atoms with Crippen LogP contribution < -0.4 is 4.90 Å². The van der Waals surface area contributed by atoms with Crippen LogP contribution in [-0.4, -0.2) is 41.6 Å². The fourth-order valence-electron chi connectivity index (χ4n) is 1.70. The normalized spacial score (nSPS) is 21.2. The Morgan fingerprint density at radius 3 is 3.00 bits per heavy atom. The standard InChI is InChI=1S/C11H16ClN3O/c1-8-9(2)14-11(6-13-8)15-3-4-16-10(5-12)7-15/h6,10H,3-5,7H2,1-2H3. The molecule has 5 heteroatoms. The third kappa shape index (κ3) is 2.44. The Morgan fingerprint density at radius 2 is 2.31 bits per heavy atom. The minimum atomic E-state index is 0.0961. The third-order valence-corrected chi connectivity index (χ3v) is 3.16. The van der Waals surface area contributed by atoms with E-state index in [1.54, 1.807) is 0 Å². The van der Waals surface area contributed by atoms with E-state index in [0.29, 0.717) is 12.5 Å². The zero-order chi connectivity index (χ0) is 11.5. The number of hydrogen-bond acceptors (Lipinski definition) is 4. The maximum Gasteiger partial charge on any atom is 0.147 e. The minimum absolute atomic E-state index is 0.0961. The second-order valence-electron chi connectivity index (χ2n) is 3.99. The molecule has 1 fully saturated rings. The monoisotopic (exact) mass is 241 g/mol. The van der Waals surface area contributed by atoms with Gasteiger partial charge in [-0.25, -0.2) is 4.98 Å². The molecule has 1 aromatic rings. The first kappa shape index (κ1) is 11.6. The number of ether oxygens (including phenoxy) is 1. The summed E-state index contributed by atoms with van der Waals surface area (Å²) in [5.41, 5.74) is 1.96. The molecule has 1 atom stereocenters. The van der Waals surface area contributed by atoms with Crippen LogP contribution in [0.1, 0.15) is 11.4 Å². The molecule has 0 aliphatic carbocycles. The molecule has 1 aliphatic heterocycles. The van der Waals surface area contributed by atoms with Crippen LogP contribution in [-0.2, 0) is 4.74 Å². The molecule has 1 saturated heterocycles. The number of hydrogen-bond donors (Lipinski definition) is 0. The molecule has 0 amide bonds. The third-order valence-electron chi connectivity index (χ3n) is 2.81. The lowest BCUT2D eigenvalue weighted by atomic mass is 10.3. The Morgan fingerprint density at radius 1 is 1.50 bits per heavy atom. The van der Waals surface area contributed by atoms with Crippen LogP contribution in [0.4, 0.5) is 5.82 Å². The van der Waals surface area contributed by atoms with E-state index in [-0.39, 0.29) is 6.10 Å². The van der Waals surface area contributed by atoms with Crippen molar-refractivity contribution >= 4 is 17.4 Å². The quantitative estimate of drug-likeness (QED) is 0.737. The number of alkyl halides is 1. The Labute approximate surface area is 101 Å². The highest BCUT2D eigenvalue weighted by atomic mass is 35.5. The lowest BCUT2D eigenvalue weighted by Gasteiger charge is -2.32. The summed E-state index contributed by atoms with van der Waals surface area (Å²) in [6, 6.07) is 0. The van der Waals surface area contributed by atoms with E-state index >= 15 is 0 Å². The van der Waals surface area contributed by atoms with Crippen LogP contribution in [0.25, 0.3) is 0 Å². The van der Waals surface area contributed by atoms with E-state index < -0.39 is 0 Å². The average Bonchev–Trinajstić information content (AvgIpc) is 2.33. The van der Waals surface area contributed by atoms with Gasteiger partial charge in [-0.2, -0.15) is 0 Å². The van der Waals surface area contributed by atoms with Gasteiger partial charge >= 0.3 is 0 Å². The molecule has 0 bridgehead atoms. The van der Waals surface area contributed by atoms with Gasteiger partial charge in [0.15, 0.2) is 0 Å². The van der Waals surface area contributed by atoms with E-state index in [9.17, 15) is 0 Å². The molecule has 0 aromatic carbocycles. The van der Waals surface area contributed by atoms with Gasteiger partial charge in [0.2, 0.25) is 0 Å². The van der Waals surface area contributed by atoms with Crippen LogP contribution in [0.2, 0.25) is 0 Å². The summed E-state index contributed by atoms with van der Waals surface area (Å²) in [6.45, 7) is 6.29. The lowest BCUT2D eigenvalue weighted by Crippen LogP contribution is -2.43. The Kier molecular flexibility index (Phi) is 3.61. The summed E-state index contributed by atoms with van der Waals surface area (Å²) in [7, 11) is 0. The SMILES string of the molecule is Cc1ncc(N2CCOC(CCl)C2)nc1C. The zero-order valence-electron chi connectivity index (χ0n) is 9.61. The molecule has 1 aromatic heterocycles. The molecule has 2 rings (SSSR count). The predicted octanol–water partition coefficient (Wildman–Crippen LogP) is 1.54. The van der Waals surface area contributed by atoms with Crippen molar-refractivity contribution < 1.29 is 4.74 Å². The second-order valence-corrected chi connectivity index (χ2v) is 4.30. The first-order valence-corrected chi connectivity index (χ1v) is 5.97. The molecule has 1 aliphatic rings. The van der Waals surface area contributed by atoms with Gasteiger partial charge in [-0.15, -0.1) is 11.6 Å². The number of aryl methyl sites for hydroxylation is 2. The summed E-state index contributed by atoms with van der Waals surface area (Å²) >= 11 is 5.80. The van der Waals surface area contributed by atoms with Gasteiger partial charge in [0.25, 0.3) is 0 Å². The van der Waals surface area contributed by atoms with Gasteiger partial charge in [0, 0.05) is 13.1 Å². The van der Waals surface area contributed by atoms with Crippen LogP contribution >= 0.6 is 11.6 Å². The number of halogens is 1. The van der Waals surface area contributed by atoms with E-state index in [4.69, 9.17) is 16.3 Å². The second kappa shape index (κ2) is 4.97. The van der Waals surface area contributed by atoms with Gasteiger partial charge in [-0.1, -0.05) is 0 Å². The molecule has 1 unspecified atom stereocenters. The molecule has 0 radical (unpaired) electrons. The van der Waals surface area contributed by atoms with Crippen molar-refractivity contribution in [2.24, 2.45) is 0 Å². The number of aromatic nitrogens is 2. The molecule has 88 valence electrons. The highest BCUT2D eigenvalue weighted by Gasteiger charge is 2.21. The van der Waals surface area contributed by atoms with Crippen molar-refractivity contribution in [2.75, 3.05) is 30.5 Å². The molecule has 0 saturated carbocycles. The van der Waals surface area contributed by atoms with E-state index in [1.165, 1.54) is 0 Å². The van der Waals surface area contributed by atoms with Gasteiger partial charge in [0.05, 0.1) is 36.2 Å². The molecular weight excluding hydrogens is 226 g/mol. The summed E-state index contributed by atoms with van der Waals surface area (Å²) in [6.07, 6.45) is 1.91. The maximum absolute atomic E-state index is 5.80. The van der Waals surface area contributed by atoms with E-state index in [0.717, 1.165) is 30.3 Å². The van der Waals surface area contributed by atoms with Gasteiger partial charge in [-0.3, -0.25) is 4.98 Å². The number of morpholine rings is 1. The van der Waals surface area contributed by atoms with Crippen LogP contribution in [0, 0.1) is 13.8 Å². The first-order valence-electron chi connectivity index (χ1n) is 5.43. The zero-order valence-corrected chi connectivity index (χ0v) is 10.4. The van der Waals surface area contributed by atoms with Crippen molar-refractivity contribution in [1.82, 2.24) is 9.97 Å². The lowest BCUT2D eigenvalue weighted by molar-refractivity contribution is 0.0551. The number of nitrogens with zero attached hydrogens (tertiary/aromatic N) is 3. The van der Waals surface area contributed by atoms with Crippen molar-refractivity contribution in [2.45, 2.75) is 20.0 Å². The van der Waals surface area contributed by atoms with Crippen molar-refractivity contribution in [3.63, 3.8) is 0 Å². The van der Waals surface area contributed by atoms with E-state index in [1.807, 2.05) is 20.0 Å². The van der Waals surface area contributed by atoms with Crippen LogP contribution in [0.5, 0.6) is 0 Å². The molecule has 4 nitrogen and oxygen atoms in total. The highest BCUT2D eigenvalue weighted by Crippen LogP contribution is 2.16. The molecular formula is C11H16ClN3O. The summed E-state index contributed by atoms with van der Waals surface area (Å²) in [5.74, 6) is 1.44. The van der Waals surface area contributed by atoms with Gasteiger partial charge in [0.1, 0.15) is 5.82 Å².